The van der Waals surface area contributed by atoms with Crippen molar-refractivity contribution in [2.45, 2.75) is 13.0 Å². The van der Waals surface area contributed by atoms with Gasteiger partial charge in [-0.3, -0.25) is 0 Å². The summed E-state index contributed by atoms with van der Waals surface area (Å²) in [5.41, 5.74) is 6.74. The summed E-state index contributed by atoms with van der Waals surface area (Å²) < 4.78 is 19.0. The van der Waals surface area contributed by atoms with Crippen molar-refractivity contribution >= 4 is 11.6 Å². The molecule has 0 radical (unpaired) electrons. The summed E-state index contributed by atoms with van der Waals surface area (Å²) in [6, 6.07) is 11.8. The van der Waals surface area contributed by atoms with Gasteiger partial charge >= 0.3 is 0 Å². The van der Waals surface area contributed by atoms with Crippen molar-refractivity contribution in [1.29, 1.82) is 0 Å². The predicted octanol–water partition coefficient (Wildman–Crippen LogP) is 4.29. The van der Waals surface area contributed by atoms with Gasteiger partial charge in [-0.25, -0.2) is 4.39 Å². The second kappa shape index (κ2) is 5.38. The second-order valence-corrected chi connectivity index (χ2v) is 4.42. The number of hydrogen-bond donors (Lipinski definition) is 1. The Balaban J connectivity index is 2.21. The highest BCUT2D eigenvalue weighted by Gasteiger charge is 2.08. The van der Waals surface area contributed by atoms with Crippen molar-refractivity contribution in [3.8, 4) is 11.5 Å². The first-order valence-corrected chi connectivity index (χ1v) is 5.93. The molecule has 1 atom stereocenters. The molecule has 0 spiro atoms. The Morgan fingerprint density at radius 2 is 1.83 bits per heavy atom. The van der Waals surface area contributed by atoms with E-state index in [2.05, 4.69) is 0 Å². The van der Waals surface area contributed by atoms with Crippen LogP contribution < -0.4 is 10.5 Å². The van der Waals surface area contributed by atoms with E-state index in [0.717, 1.165) is 5.56 Å². The van der Waals surface area contributed by atoms with Gasteiger partial charge in [0.2, 0.25) is 0 Å². The largest absolute Gasteiger partial charge is 0.454 e. The van der Waals surface area contributed by atoms with Crippen LogP contribution in [-0.4, -0.2) is 0 Å². The zero-order chi connectivity index (χ0) is 13.1. The molecule has 2 N–H and O–H groups in total. The number of benzene rings is 2. The van der Waals surface area contributed by atoms with Gasteiger partial charge in [0.1, 0.15) is 5.75 Å². The minimum atomic E-state index is -0.560. The monoisotopic (exact) mass is 265 g/mol. The molecule has 0 saturated carbocycles. The zero-order valence-corrected chi connectivity index (χ0v) is 10.6. The lowest BCUT2D eigenvalue weighted by Gasteiger charge is -2.09. The summed E-state index contributed by atoms with van der Waals surface area (Å²) in [5.74, 6) is 0.0899. The normalized spacial score (nSPS) is 12.2. The fourth-order valence-electron chi connectivity index (χ4n) is 1.53. The van der Waals surface area contributed by atoms with Crippen molar-refractivity contribution in [1.82, 2.24) is 0 Å². The number of ether oxygens (including phenoxy) is 1. The van der Waals surface area contributed by atoms with Crippen LogP contribution in [0, 0.1) is 5.82 Å². The maximum Gasteiger partial charge on any atom is 0.184 e. The smallest absolute Gasteiger partial charge is 0.184 e. The van der Waals surface area contributed by atoms with Crippen LogP contribution >= 0.6 is 11.6 Å². The Morgan fingerprint density at radius 1 is 1.17 bits per heavy atom. The summed E-state index contributed by atoms with van der Waals surface area (Å²) in [6.45, 7) is 1.90. The van der Waals surface area contributed by atoms with Crippen LogP contribution in [0.1, 0.15) is 18.5 Å². The molecule has 4 heteroatoms. The molecular weight excluding hydrogens is 253 g/mol. The van der Waals surface area contributed by atoms with Crippen molar-refractivity contribution < 1.29 is 9.13 Å². The van der Waals surface area contributed by atoms with E-state index < -0.39 is 5.82 Å². The molecule has 1 unspecified atom stereocenters. The van der Waals surface area contributed by atoms with Crippen LogP contribution in [0.2, 0.25) is 5.02 Å². The van der Waals surface area contributed by atoms with Crippen molar-refractivity contribution in [2.24, 2.45) is 5.73 Å². The second-order valence-electron chi connectivity index (χ2n) is 4.01. The van der Waals surface area contributed by atoms with Crippen LogP contribution in [0.15, 0.2) is 42.5 Å². The molecule has 18 heavy (non-hydrogen) atoms. The first-order chi connectivity index (χ1) is 8.58. The van der Waals surface area contributed by atoms with Gasteiger partial charge in [-0.2, -0.15) is 0 Å². The molecule has 0 aliphatic rings. The van der Waals surface area contributed by atoms with Gasteiger partial charge in [-0.15, -0.1) is 0 Å². The summed E-state index contributed by atoms with van der Waals surface area (Å²) in [6.07, 6.45) is 0. The van der Waals surface area contributed by atoms with E-state index in [1.165, 1.54) is 12.1 Å². The summed E-state index contributed by atoms with van der Waals surface area (Å²) in [5, 5.41) is 0.0414. The first-order valence-electron chi connectivity index (χ1n) is 5.55. The van der Waals surface area contributed by atoms with Crippen LogP contribution in [0.5, 0.6) is 11.5 Å². The molecule has 0 bridgehead atoms. The van der Waals surface area contributed by atoms with Crippen LogP contribution in [0.25, 0.3) is 0 Å². The lowest BCUT2D eigenvalue weighted by molar-refractivity contribution is 0.442. The topological polar surface area (TPSA) is 35.2 Å². The third kappa shape index (κ3) is 2.81. The first kappa shape index (κ1) is 12.9. The quantitative estimate of drug-likeness (QED) is 0.898. The summed E-state index contributed by atoms with van der Waals surface area (Å²) >= 11 is 5.68. The third-order valence-corrected chi connectivity index (χ3v) is 2.84. The lowest BCUT2D eigenvalue weighted by Crippen LogP contribution is -2.04. The van der Waals surface area contributed by atoms with E-state index in [1.807, 2.05) is 19.1 Å². The Labute approximate surface area is 110 Å². The molecule has 2 aromatic rings. The van der Waals surface area contributed by atoms with Crippen LogP contribution in [0.4, 0.5) is 4.39 Å². The lowest BCUT2D eigenvalue weighted by atomic mass is 10.1. The van der Waals surface area contributed by atoms with E-state index in [4.69, 9.17) is 22.1 Å². The average molecular weight is 266 g/mol. The maximum atomic E-state index is 13.6. The van der Waals surface area contributed by atoms with E-state index in [1.54, 1.807) is 18.2 Å². The Kier molecular flexibility index (Phi) is 3.84. The molecule has 0 saturated heterocycles. The fourth-order valence-corrected chi connectivity index (χ4v) is 1.70. The minimum absolute atomic E-state index is 0.0399. The maximum absolute atomic E-state index is 13.6. The van der Waals surface area contributed by atoms with Gasteiger partial charge in [0.15, 0.2) is 11.6 Å². The van der Waals surface area contributed by atoms with Gasteiger partial charge in [-0.05, 0) is 36.8 Å². The number of nitrogens with two attached hydrogens (primary N) is 1. The third-order valence-electron chi connectivity index (χ3n) is 2.55. The van der Waals surface area contributed by atoms with E-state index in [9.17, 15) is 4.39 Å². The zero-order valence-electron chi connectivity index (χ0n) is 9.86. The molecule has 0 aliphatic carbocycles. The van der Waals surface area contributed by atoms with Gasteiger partial charge in [0, 0.05) is 6.04 Å². The van der Waals surface area contributed by atoms with Crippen molar-refractivity contribution in [2.75, 3.05) is 0 Å². The Bertz CT molecular complexity index is 540. The SMILES string of the molecule is CC(N)c1ccc(Oc2cccc(Cl)c2F)cc1. The molecular formula is C14H13ClFNO. The number of halogens is 2. The van der Waals surface area contributed by atoms with E-state index >= 15 is 0 Å². The van der Waals surface area contributed by atoms with Crippen LogP contribution in [-0.2, 0) is 0 Å². The van der Waals surface area contributed by atoms with E-state index in [0.29, 0.717) is 5.75 Å². The fraction of sp³-hybridized carbons (Fsp3) is 0.143. The highest BCUT2D eigenvalue weighted by molar-refractivity contribution is 6.30. The molecule has 0 aliphatic heterocycles. The Morgan fingerprint density at radius 3 is 2.44 bits per heavy atom. The highest BCUT2D eigenvalue weighted by atomic mass is 35.5. The van der Waals surface area contributed by atoms with Crippen LogP contribution in [0.3, 0.4) is 0 Å². The highest BCUT2D eigenvalue weighted by Crippen LogP contribution is 2.29. The minimum Gasteiger partial charge on any atom is -0.454 e. The van der Waals surface area contributed by atoms with Crippen molar-refractivity contribution in [3.05, 3.63) is 58.9 Å². The molecule has 0 fully saturated rings. The predicted molar refractivity (Wildman–Crippen MR) is 70.5 cm³/mol. The van der Waals surface area contributed by atoms with E-state index in [-0.39, 0.29) is 16.8 Å². The molecule has 0 heterocycles. The van der Waals surface area contributed by atoms with Gasteiger partial charge in [-0.1, -0.05) is 29.8 Å². The Hall–Kier alpha value is -1.58. The van der Waals surface area contributed by atoms with Gasteiger partial charge in [0.25, 0.3) is 0 Å². The molecule has 2 nitrogen and oxygen atoms in total. The summed E-state index contributed by atoms with van der Waals surface area (Å²) in [7, 11) is 0. The standard InChI is InChI=1S/C14H13ClFNO/c1-9(17)10-5-7-11(8-6-10)18-13-4-2-3-12(15)14(13)16/h2-9H,17H2,1H3. The number of hydrogen-bond acceptors (Lipinski definition) is 2. The van der Waals surface area contributed by atoms with Crippen molar-refractivity contribution in [3.63, 3.8) is 0 Å². The number of rotatable bonds is 3. The molecule has 2 rings (SSSR count). The van der Waals surface area contributed by atoms with Gasteiger partial charge < -0.3 is 10.5 Å². The molecule has 0 amide bonds. The molecule has 94 valence electrons. The molecule has 2 aromatic carbocycles. The molecule has 0 aromatic heterocycles. The summed E-state index contributed by atoms with van der Waals surface area (Å²) in [4.78, 5) is 0. The van der Waals surface area contributed by atoms with Gasteiger partial charge in [0.05, 0.1) is 5.02 Å². The average Bonchev–Trinajstić information content (AvgIpc) is 2.36.